The number of nitrogen functional groups attached to an aromatic ring is 1. The normalized spacial score (nSPS) is 22.8. The number of hydrogen-bond donors (Lipinski definition) is 3. The van der Waals surface area contributed by atoms with Crippen molar-refractivity contribution >= 4 is 17.8 Å². The lowest BCUT2D eigenvalue weighted by Gasteiger charge is -2.44. The summed E-state index contributed by atoms with van der Waals surface area (Å²) in [6.07, 6.45) is 2.76. The Labute approximate surface area is 152 Å². The van der Waals surface area contributed by atoms with Crippen molar-refractivity contribution in [2.45, 2.75) is 44.2 Å². The standard InChI is InChI=1S/C19H25N3O4/c20-17(21)14-3-1-13(2-4-14)12-22-9-7-19(8-10-22)6-5-15(11-16(23)24)18(25)26-19/h1-4,15H,5-12H2,(H3,20,21)(H,23,24). The number of amidine groups is 1. The van der Waals surface area contributed by atoms with Crippen LogP contribution >= 0.6 is 0 Å². The number of hydrogen-bond acceptors (Lipinski definition) is 5. The molecule has 26 heavy (non-hydrogen) atoms. The van der Waals surface area contributed by atoms with Crippen LogP contribution in [-0.4, -0.2) is 46.5 Å². The van der Waals surface area contributed by atoms with Gasteiger partial charge in [-0.15, -0.1) is 0 Å². The minimum absolute atomic E-state index is 0.0665. The zero-order valence-electron chi connectivity index (χ0n) is 14.7. The molecular formula is C19H25N3O4. The number of benzene rings is 1. The van der Waals surface area contributed by atoms with Crippen molar-refractivity contribution in [3.63, 3.8) is 0 Å². The number of nitrogens with zero attached hydrogens (tertiary/aromatic N) is 1. The molecule has 4 N–H and O–H groups in total. The summed E-state index contributed by atoms with van der Waals surface area (Å²) in [6, 6.07) is 7.68. The van der Waals surface area contributed by atoms with Crippen LogP contribution in [0.1, 0.15) is 43.2 Å². The largest absolute Gasteiger partial charge is 0.481 e. The third-order valence-electron chi connectivity index (χ3n) is 5.46. The molecule has 1 spiro atoms. The lowest BCUT2D eigenvalue weighted by Crippen LogP contribution is -2.50. The molecule has 1 aromatic rings. The van der Waals surface area contributed by atoms with E-state index in [1.807, 2.05) is 24.3 Å². The molecule has 0 aromatic heterocycles. The van der Waals surface area contributed by atoms with Gasteiger partial charge in [0, 0.05) is 25.2 Å². The first-order valence-electron chi connectivity index (χ1n) is 8.97. The molecule has 0 bridgehead atoms. The van der Waals surface area contributed by atoms with Gasteiger partial charge in [0.2, 0.25) is 0 Å². The Morgan fingerprint density at radius 2 is 1.92 bits per heavy atom. The number of carboxylic acid groups (broad SMARTS) is 1. The number of carbonyl (C=O) groups excluding carboxylic acids is 1. The first kappa shape index (κ1) is 18.4. The number of aliphatic carboxylic acids is 1. The number of nitrogens with two attached hydrogens (primary N) is 1. The van der Waals surface area contributed by atoms with E-state index in [9.17, 15) is 9.59 Å². The maximum atomic E-state index is 12.1. The lowest BCUT2D eigenvalue weighted by atomic mass is 9.80. The van der Waals surface area contributed by atoms with Crippen LogP contribution in [0.3, 0.4) is 0 Å². The van der Waals surface area contributed by atoms with Gasteiger partial charge in [0.15, 0.2) is 0 Å². The highest BCUT2D eigenvalue weighted by Crippen LogP contribution is 2.38. The van der Waals surface area contributed by atoms with Gasteiger partial charge in [0.05, 0.1) is 12.3 Å². The second-order valence-electron chi connectivity index (χ2n) is 7.32. The summed E-state index contributed by atoms with van der Waals surface area (Å²) in [7, 11) is 0. The molecule has 2 heterocycles. The van der Waals surface area contributed by atoms with E-state index in [1.165, 1.54) is 0 Å². The third-order valence-corrected chi connectivity index (χ3v) is 5.46. The van der Waals surface area contributed by atoms with Gasteiger partial charge in [-0.1, -0.05) is 24.3 Å². The molecule has 3 rings (SSSR count). The van der Waals surface area contributed by atoms with Crippen LogP contribution in [0.4, 0.5) is 0 Å². The zero-order chi connectivity index (χ0) is 18.7. The molecule has 7 heteroatoms. The van der Waals surface area contributed by atoms with E-state index in [1.54, 1.807) is 0 Å². The van der Waals surface area contributed by atoms with Gasteiger partial charge in [-0.05, 0) is 31.2 Å². The van der Waals surface area contributed by atoms with Gasteiger partial charge < -0.3 is 15.6 Å². The molecule has 0 aliphatic carbocycles. The van der Waals surface area contributed by atoms with Crippen LogP contribution in [0.15, 0.2) is 24.3 Å². The predicted octanol–water partition coefficient (Wildman–Crippen LogP) is 1.73. The summed E-state index contributed by atoms with van der Waals surface area (Å²) >= 11 is 0. The molecule has 2 aliphatic heterocycles. The van der Waals surface area contributed by atoms with Crippen LogP contribution in [0.25, 0.3) is 0 Å². The number of rotatable bonds is 5. The number of ether oxygens (including phenoxy) is 1. The Balaban J connectivity index is 1.52. The SMILES string of the molecule is N=C(N)c1ccc(CN2CCC3(CCC(CC(=O)O)C(=O)O3)CC2)cc1. The molecule has 0 radical (unpaired) electrons. The fraction of sp³-hybridized carbons (Fsp3) is 0.526. The van der Waals surface area contributed by atoms with E-state index in [-0.39, 0.29) is 18.2 Å². The lowest BCUT2D eigenvalue weighted by molar-refractivity contribution is -0.183. The molecular weight excluding hydrogens is 334 g/mol. The Bertz CT molecular complexity index is 693. The van der Waals surface area contributed by atoms with Crippen LogP contribution < -0.4 is 5.73 Å². The van der Waals surface area contributed by atoms with Gasteiger partial charge in [-0.2, -0.15) is 0 Å². The van der Waals surface area contributed by atoms with E-state index in [4.69, 9.17) is 21.0 Å². The highest BCUT2D eigenvalue weighted by atomic mass is 16.6. The average molecular weight is 359 g/mol. The first-order valence-corrected chi connectivity index (χ1v) is 8.97. The molecule has 0 amide bonds. The fourth-order valence-electron chi connectivity index (χ4n) is 3.82. The second kappa shape index (κ2) is 7.45. The highest BCUT2D eigenvalue weighted by Gasteiger charge is 2.44. The van der Waals surface area contributed by atoms with Gasteiger partial charge in [0.25, 0.3) is 0 Å². The molecule has 2 saturated heterocycles. The Hall–Kier alpha value is -2.41. The quantitative estimate of drug-likeness (QED) is 0.419. The summed E-state index contributed by atoms with van der Waals surface area (Å²) in [5.41, 5.74) is 6.94. The molecule has 1 atom stereocenters. The first-order chi connectivity index (χ1) is 12.4. The van der Waals surface area contributed by atoms with Crippen molar-refractivity contribution in [2.75, 3.05) is 13.1 Å². The Morgan fingerprint density at radius 3 is 2.46 bits per heavy atom. The molecule has 140 valence electrons. The van der Waals surface area contributed by atoms with E-state index >= 15 is 0 Å². The van der Waals surface area contributed by atoms with E-state index in [0.29, 0.717) is 6.42 Å². The highest BCUT2D eigenvalue weighted by molar-refractivity contribution is 5.94. The molecule has 7 nitrogen and oxygen atoms in total. The molecule has 1 aromatic carbocycles. The van der Waals surface area contributed by atoms with Gasteiger partial charge in [-0.3, -0.25) is 19.9 Å². The smallest absolute Gasteiger partial charge is 0.310 e. The van der Waals surface area contributed by atoms with Gasteiger partial charge in [0.1, 0.15) is 11.4 Å². The minimum Gasteiger partial charge on any atom is -0.481 e. The summed E-state index contributed by atoms with van der Waals surface area (Å²) in [6.45, 7) is 2.49. The molecule has 2 fully saturated rings. The third kappa shape index (κ3) is 4.22. The van der Waals surface area contributed by atoms with Crippen molar-refractivity contribution in [1.82, 2.24) is 4.90 Å². The predicted molar refractivity (Wildman–Crippen MR) is 95.8 cm³/mol. The van der Waals surface area contributed by atoms with Crippen LogP contribution in [0, 0.1) is 11.3 Å². The number of carbonyl (C=O) groups is 2. The topological polar surface area (TPSA) is 117 Å². The average Bonchev–Trinajstić information content (AvgIpc) is 2.60. The van der Waals surface area contributed by atoms with E-state index < -0.39 is 17.5 Å². The van der Waals surface area contributed by atoms with E-state index in [2.05, 4.69) is 4.90 Å². The number of carboxylic acids is 1. The van der Waals surface area contributed by atoms with Crippen molar-refractivity contribution < 1.29 is 19.4 Å². The summed E-state index contributed by atoms with van der Waals surface area (Å²) in [5.74, 6) is -1.74. The van der Waals surface area contributed by atoms with Crippen molar-refractivity contribution in [3.8, 4) is 0 Å². The summed E-state index contributed by atoms with van der Waals surface area (Å²) in [5, 5.41) is 16.3. The van der Waals surface area contributed by atoms with Crippen LogP contribution in [-0.2, 0) is 20.9 Å². The fourth-order valence-corrected chi connectivity index (χ4v) is 3.82. The molecule has 2 aliphatic rings. The van der Waals surface area contributed by atoms with Gasteiger partial charge in [-0.25, -0.2) is 0 Å². The Kier molecular flexibility index (Phi) is 5.27. The minimum atomic E-state index is -0.950. The maximum Gasteiger partial charge on any atom is 0.310 e. The summed E-state index contributed by atoms with van der Waals surface area (Å²) in [4.78, 5) is 25.3. The zero-order valence-corrected chi connectivity index (χ0v) is 14.7. The van der Waals surface area contributed by atoms with E-state index in [0.717, 1.165) is 50.0 Å². The number of nitrogens with one attached hydrogen (secondary N) is 1. The van der Waals surface area contributed by atoms with Gasteiger partial charge >= 0.3 is 11.9 Å². The second-order valence-corrected chi connectivity index (χ2v) is 7.32. The summed E-state index contributed by atoms with van der Waals surface area (Å²) < 4.78 is 5.70. The van der Waals surface area contributed by atoms with Crippen LogP contribution in [0.5, 0.6) is 0 Å². The maximum absolute atomic E-state index is 12.1. The van der Waals surface area contributed by atoms with Crippen LogP contribution in [0.2, 0.25) is 0 Å². The number of likely N-dealkylation sites (tertiary alicyclic amines) is 1. The monoisotopic (exact) mass is 359 g/mol. The van der Waals surface area contributed by atoms with Crippen molar-refractivity contribution in [1.29, 1.82) is 5.41 Å². The van der Waals surface area contributed by atoms with Crippen molar-refractivity contribution in [2.24, 2.45) is 11.7 Å². The number of esters is 1. The Morgan fingerprint density at radius 1 is 1.27 bits per heavy atom. The number of piperidine rings is 1. The molecule has 1 unspecified atom stereocenters. The molecule has 0 saturated carbocycles. The van der Waals surface area contributed by atoms with Crippen molar-refractivity contribution in [3.05, 3.63) is 35.4 Å².